The first kappa shape index (κ1) is 13.9. The van der Waals surface area contributed by atoms with Gasteiger partial charge in [-0.25, -0.2) is 0 Å². The van der Waals surface area contributed by atoms with Crippen LogP contribution in [0.5, 0.6) is 5.75 Å². The lowest BCUT2D eigenvalue weighted by Crippen LogP contribution is -2.45. The van der Waals surface area contributed by atoms with Crippen LogP contribution in [0.4, 0.5) is 0 Å². The molecule has 0 radical (unpaired) electrons. The average molecular weight is 285 g/mol. The number of fused-ring (bicyclic) bond motifs is 1. The number of amides is 1. The summed E-state index contributed by atoms with van der Waals surface area (Å²) < 4.78 is 0. The fourth-order valence-corrected chi connectivity index (χ4v) is 2.81. The van der Waals surface area contributed by atoms with E-state index in [0.717, 1.165) is 30.0 Å². The monoisotopic (exact) mass is 285 g/mol. The molecule has 1 aliphatic rings. The van der Waals surface area contributed by atoms with E-state index in [1.807, 2.05) is 24.3 Å². The molecular weight excluding hydrogens is 266 g/mol. The van der Waals surface area contributed by atoms with Gasteiger partial charge >= 0.3 is 0 Å². The normalized spacial score (nSPS) is 14.9. The number of hydrogen-bond donors (Lipinski definition) is 2. The number of nitrogens with zero attached hydrogens (tertiary/aromatic N) is 1. The first-order valence-electron chi connectivity index (χ1n) is 7.34. The Morgan fingerprint density at radius 3 is 2.43 bits per heavy atom. The molecule has 4 heteroatoms. The predicted octanol–water partition coefficient (Wildman–Crippen LogP) is 2.53. The molecule has 1 fully saturated rings. The summed E-state index contributed by atoms with van der Waals surface area (Å²) in [5, 5.41) is 21.2. The SMILES string of the molecule is O=C(c1cc2ccccc2cc1O)N(CCO)C1CCC1. The molecular formula is C17H19NO3. The van der Waals surface area contributed by atoms with Crippen LogP contribution in [0.15, 0.2) is 36.4 Å². The number of carbonyl (C=O) groups excluding carboxylic acids is 1. The third-order valence-electron chi connectivity index (χ3n) is 4.21. The van der Waals surface area contributed by atoms with Gasteiger partial charge in [-0.15, -0.1) is 0 Å². The Hall–Kier alpha value is -2.07. The molecule has 1 saturated carbocycles. The summed E-state index contributed by atoms with van der Waals surface area (Å²) in [6.07, 6.45) is 3.06. The van der Waals surface area contributed by atoms with Crippen molar-refractivity contribution < 1.29 is 15.0 Å². The Kier molecular flexibility index (Phi) is 3.80. The number of carbonyl (C=O) groups is 1. The Bertz CT molecular complexity index is 664. The lowest BCUT2D eigenvalue weighted by molar-refractivity contribution is 0.0523. The van der Waals surface area contributed by atoms with Gasteiger partial charge in [-0.1, -0.05) is 24.3 Å². The van der Waals surface area contributed by atoms with Gasteiger partial charge in [0.2, 0.25) is 0 Å². The average Bonchev–Trinajstić information content (AvgIpc) is 2.43. The Morgan fingerprint density at radius 2 is 1.86 bits per heavy atom. The van der Waals surface area contributed by atoms with E-state index in [1.54, 1.807) is 17.0 Å². The molecule has 0 unspecified atom stereocenters. The topological polar surface area (TPSA) is 60.8 Å². The lowest BCUT2D eigenvalue weighted by Gasteiger charge is -2.37. The van der Waals surface area contributed by atoms with Crippen LogP contribution in [-0.4, -0.2) is 40.2 Å². The highest BCUT2D eigenvalue weighted by Gasteiger charge is 2.30. The number of aliphatic hydroxyl groups excluding tert-OH is 1. The third-order valence-corrected chi connectivity index (χ3v) is 4.21. The fourth-order valence-electron chi connectivity index (χ4n) is 2.81. The fraction of sp³-hybridized carbons (Fsp3) is 0.353. The van der Waals surface area contributed by atoms with Crippen LogP contribution < -0.4 is 0 Å². The van der Waals surface area contributed by atoms with Crippen molar-refractivity contribution in [1.29, 1.82) is 0 Å². The number of aliphatic hydroxyl groups is 1. The van der Waals surface area contributed by atoms with E-state index in [0.29, 0.717) is 12.1 Å². The van der Waals surface area contributed by atoms with Crippen molar-refractivity contribution in [1.82, 2.24) is 4.90 Å². The molecule has 0 aliphatic heterocycles. The highest BCUT2D eigenvalue weighted by Crippen LogP contribution is 2.30. The van der Waals surface area contributed by atoms with Crippen LogP contribution in [0.3, 0.4) is 0 Å². The molecule has 3 rings (SSSR count). The molecule has 0 saturated heterocycles. The quantitative estimate of drug-likeness (QED) is 0.907. The standard InChI is InChI=1S/C17H19NO3/c19-9-8-18(14-6-3-7-14)17(21)15-10-12-4-1-2-5-13(12)11-16(15)20/h1-2,4-5,10-11,14,19-20H,3,6-9H2. The second-order valence-electron chi connectivity index (χ2n) is 5.52. The summed E-state index contributed by atoms with van der Waals surface area (Å²) in [7, 11) is 0. The minimum atomic E-state index is -0.197. The molecule has 2 aromatic rings. The third kappa shape index (κ3) is 2.59. The summed E-state index contributed by atoms with van der Waals surface area (Å²) >= 11 is 0. The maximum atomic E-state index is 12.7. The Labute approximate surface area is 123 Å². The van der Waals surface area contributed by atoms with Crippen molar-refractivity contribution in [3.8, 4) is 5.75 Å². The number of phenols is 1. The molecule has 0 heterocycles. The second-order valence-corrected chi connectivity index (χ2v) is 5.52. The molecule has 110 valence electrons. The van der Waals surface area contributed by atoms with Crippen LogP contribution in [0.2, 0.25) is 0 Å². The van der Waals surface area contributed by atoms with E-state index in [-0.39, 0.29) is 24.3 Å². The molecule has 1 aliphatic carbocycles. The molecule has 2 aromatic carbocycles. The maximum absolute atomic E-state index is 12.7. The van der Waals surface area contributed by atoms with Gasteiger partial charge in [0.1, 0.15) is 5.75 Å². The molecule has 1 amide bonds. The Balaban J connectivity index is 1.97. The molecule has 0 spiro atoms. The van der Waals surface area contributed by atoms with Crippen molar-refractivity contribution in [2.45, 2.75) is 25.3 Å². The van der Waals surface area contributed by atoms with Gasteiger partial charge in [0, 0.05) is 12.6 Å². The van der Waals surface area contributed by atoms with Crippen LogP contribution in [0.1, 0.15) is 29.6 Å². The van der Waals surface area contributed by atoms with Gasteiger partial charge in [0.25, 0.3) is 5.91 Å². The van der Waals surface area contributed by atoms with Crippen LogP contribution >= 0.6 is 0 Å². The van der Waals surface area contributed by atoms with Crippen molar-refractivity contribution in [2.75, 3.05) is 13.2 Å². The summed E-state index contributed by atoms with van der Waals surface area (Å²) in [6.45, 7) is 0.256. The summed E-state index contributed by atoms with van der Waals surface area (Å²) in [5.41, 5.74) is 0.314. The largest absolute Gasteiger partial charge is 0.507 e. The van der Waals surface area contributed by atoms with Crippen molar-refractivity contribution in [3.63, 3.8) is 0 Å². The van der Waals surface area contributed by atoms with Gasteiger partial charge in [-0.2, -0.15) is 0 Å². The summed E-state index contributed by atoms with van der Waals surface area (Å²) in [6, 6.07) is 11.2. The molecule has 0 bridgehead atoms. The van der Waals surface area contributed by atoms with Crippen molar-refractivity contribution >= 4 is 16.7 Å². The first-order chi connectivity index (χ1) is 10.2. The first-order valence-corrected chi connectivity index (χ1v) is 7.34. The summed E-state index contributed by atoms with van der Waals surface area (Å²) in [4.78, 5) is 14.4. The number of phenolic OH excluding ortho intramolecular Hbond substituents is 1. The minimum absolute atomic E-state index is 0.000892. The zero-order chi connectivity index (χ0) is 14.8. The lowest BCUT2D eigenvalue weighted by atomic mass is 9.90. The zero-order valence-corrected chi connectivity index (χ0v) is 11.8. The van der Waals surface area contributed by atoms with Crippen molar-refractivity contribution in [2.24, 2.45) is 0 Å². The van der Waals surface area contributed by atoms with Gasteiger partial charge in [0.05, 0.1) is 12.2 Å². The number of hydrogen-bond acceptors (Lipinski definition) is 3. The minimum Gasteiger partial charge on any atom is -0.507 e. The second kappa shape index (κ2) is 5.74. The molecule has 0 atom stereocenters. The van der Waals surface area contributed by atoms with Crippen molar-refractivity contribution in [3.05, 3.63) is 42.0 Å². The molecule has 2 N–H and O–H groups in total. The van der Waals surface area contributed by atoms with E-state index >= 15 is 0 Å². The van der Waals surface area contributed by atoms with Crippen LogP contribution in [0, 0.1) is 0 Å². The number of rotatable bonds is 4. The van der Waals surface area contributed by atoms with Gasteiger partial charge < -0.3 is 15.1 Å². The smallest absolute Gasteiger partial charge is 0.257 e. The van der Waals surface area contributed by atoms with E-state index in [1.165, 1.54) is 0 Å². The molecule has 4 nitrogen and oxygen atoms in total. The summed E-state index contributed by atoms with van der Waals surface area (Å²) in [5.74, 6) is -0.196. The highest BCUT2D eigenvalue weighted by molar-refractivity contribution is 6.01. The van der Waals surface area contributed by atoms with E-state index in [9.17, 15) is 15.0 Å². The van der Waals surface area contributed by atoms with Crippen LogP contribution in [-0.2, 0) is 0 Å². The van der Waals surface area contributed by atoms with E-state index in [4.69, 9.17) is 0 Å². The Morgan fingerprint density at radius 1 is 1.19 bits per heavy atom. The van der Waals surface area contributed by atoms with Gasteiger partial charge in [-0.3, -0.25) is 4.79 Å². The molecule has 21 heavy (non-hydrogen) atoms. The number of aromatic hydroxyl groups is 1. The van der Waals surface area contributed by atoms with Crippen LogP contribution in [0.25, 0.3) is 10.8 Å². The van der Waals surface area contributed by atoms with Gasteiger partial charge in [-0.05, 0) is 42.2 Å². The van der Waals surface area contributed by atoms with Gasteiger partial charge in [0.15, 0.2) is 0 Å². The van der Waals surface area contributed by atoms with E-state index < -0.39 is 0 Å². The molecule has 0 aromatic heterocycles. The highest BCUT2D eigenvalue weighted by atomic mass is 16.3. The number of benzene rings is 2. The zero-order valence-electron chi connectivity index (χ0n) is 11.8. The predicted molar refractivity (Wildman–Crippen MR) is 81.4 cm³/mol. The van der Waals surface area contributed by atoms with E-state index in [2.05, 4.69) is 0 Å². The maximum Gasteiger partial charge on any atom is 0.257 e.